The molecule has 0 aliphatic carbocycles. The molecule has 0 spiro atoms. The molecule has 1 heterocycles. The van der Waals surface area contributed by atoms with E-state index >= 15 is 0 Å². The number of carbonyl (C=O) groups excluding carboxylic acids is 1. The Hall–Kier alpha value is -1.93. The van der Waals surface area contributed by atoms with Crippen LogP contribution in [0.5, 0.6) is 0 Å². The second kappa shape index (κ2) is 9.52. The zero-order valence-electron chi connectivity index (χ0n) is 16.0. The summed E-state index contributed by atoms with van der Waals surface area (Å²) in [6, 6.07) is 15.3. The highest BCUT2D eigenvalue weighted by molar-refractivity contribution is 7.89. The minimum atomic E-state index is -3.74. The Kier molecular flexibility index (Phi) is 7.60. The Labute approximate surface area is 172 Å². The van der Waals surface area contributed by atoms with Crippen molar-refractivity contribution in [3.05, 3.63) is 65.7 Å². The van der Waals surface area contributed by atoms with Crippen molar-refractivity contribution in [2.45, 2.75) is 30.8 Å². The van der Waals surface area contributed by atoms with Crippen LogP contribution in [0.25, 0.3) is 0 Å². The average Bonchev–Trinajstić information content (AvgIpc) is 2.68. The lowest BCUT2D eigenvalue weighted by Gasteiger charge is -2.34. The molecule has 6 nitrogen and oxygen atoms in total. The number of nitrogens with one attached hydrogen (secondary N) is 2. The molecule has 3 rings (SSSR count). The van der Waals surface area contributed by atoms with Crippen molar-refractivity contribution in [3.63, 3.8) is 0 Å². The summed E-state index contributed by atoms with van der Waals surface area (Å²) in [6.07, 6.45) is 0. The fourth-order valence-electron chi connectivity index (χ4n) is 3.22. The third kappa shape index (κ3) is 5.11. The summed E-state index contributed by atoms with van der Waals surface area (Å²) in [4.78, 5) is 14.7. The van der Waals surface area contributed by atoms with Crippen LogP contribution in [0.4, 0.5) is 0 Å². The van der Waals surface area contributed by atoms with Gasteiger partial charge in [-0.3, -0.25) is 4.79 Å². The van der Waals surface area contributed by atoms with Gasteiger partial charge in [-0.25, -0.2) is 13.1 Å². The molecule has 0 aromatic heterocycles. The van der Waals surface area contributed by atoms with Gasteiger partial charge < -0.3 is 10.2 Å². The third-order valence-corrected chi connectivity index (χ3v) is 6.32. The molecule has 28 heavy (non-hydrogen) atoms. The van der Waals surface area contributed by atoms with Gasteiger partial charge in [0.15, 0.2) is 0 Å². The first-order chi connectivity index (χ1) is 12.9. The van der Waals surface area contributed by atoms with Gasteiger partial charge in [0.2, 0.25) is 10.0 Å². The minimum Gasteiger partial charge on any atom is -0.333 e. The largest absolute Gasteiger partial charge is 0.333 e. The van der Waals surface area contributed by atoms with Gasteiger partial charge in [0.25, 0.3) is 5.91 Å². The van der Waals surface area contributed by atoms with Crippen LogP contribution in [-0.4, -0.2) is 44.9 Å². The first kappa shape index (κ1) is 22.4. The maximum absolute atomic E-state index is 12.8. The van der Waals surface area contributed by atoms with Gasteiger partial charge in [-0.2, -0.15) is 0 Å². The van der Waals surface area contributed by atoms with E-state index in [2.05, 4.69) is 10.0 Å². The molecule has 1 fully saturated rings. The SMILES string of the molecule is CC(NS(=O)(=O)c1cccc(C(=O)N2CCNC[C@@H]2C)c1)c1ccccc1.Cl. The number of piperazine rings is 1. The summed E-state index contributed by atoms with van der Waals surface area (Å²) in [7, 11) is -3.74. The molecule has 2 aromatic carbocycles. The van der Waals surface area contributed by atoms with Gasteiger partial charge >= 0.3 is 0 Å². The molecule has 152 valence electrons. The van der Waals surface area contributed by atoms with Crippen molar-refractivity contribution < 1.29 is 13.2 Å². The average molecular weight is 424 g/mol. The van der Waals surface area contributed by atoms with E-state index < -0.39 is 10.0 Å². The van der Waals surface area contributed by atoms with Crippen molar-refractivity contribution in [1.82, 2.24) is 14.9 Å². The maximum Gasteiger partial charge on any atom is 0.254 e. The molecule has 2 aromatic rings. The van der Waals surface area contributed by atoms with E-state index in [9.17, 15) is 13.2 Å². The van der Waals surface area contributed by atoms with Crippen LogP contribution in [0.3, 0.4) is 0 Å². The van der Waals surface area contributed by atoms with Crippen LogP contribution in [0, 0.1) is 0 Å². The monoisotopic (exact) mass is 423 g/mol. The van der Waals surface area contributed by atoms with Gasteiger partial charge in [0, 0.05) is 37.3 Å². The van der Waals surface area contributed by atoms with Gasteiger partial charge in [-0.05, 0) is 37.6 Å². The summed E-state index contributed by atoms with van der Waals surface area (Å²) in [6.45, 7) is 5.86. The van der Waals surface area contributed by atoms with E-state index in [1.165, 1.54) is 12.1 Å². The van der Waals surface area contributed by atoms with Gasteiger partial charge in [-0.15, -0.1) is 12.4 Å². The second-order valence-electron chi connectivity index (χ2n) is 6.83. The second-order valence-corrected chi connectivity index (χ2v) is 8.55. The number of amides is 1. The van der Waals surface area contributed by atoms with Crippen LogP contribution in [0.1, 0.15) is 35.8 Å². The number of rotatable bonds is 5. The van der Waals surface area contributed by atoms with Crippen LogP contribution in [0.15, 0.2) is 59.5 Å². The first-order valence-corrected chi connectivity index (χ1v) is 10.6. The molecule has 1 aliphatic heterocycles. The highest BCUT2D eigenvalue weighted by Crippen LogP contribution is 2.19. The lowest BCUT2D eigenvalue weighted by molar-refractivity contribution is 0.0655. The number of carbonyl (C=O) groups is 1. The van der Waals surface area contributed by atoms with E-state index in [4.69, 9.17) is 0 Å². The van der Waals surface area contributed by atoms with Crippen LogP contribution >= 0.6 is 12.4 Å². The molecule has 0 saturated carbocycles. The van der Waals surface area contributed by atoms with Crippen molar-refractivity contribution >= 4 is 28.3 Å². The van der Waals surface area contributed by atoms with Crippen molar-refractivity contribution in [2.75, 3.05) is 19.6 Å². The Bertz CT molecular complexity index is 906. The van der Waals surface area contributed by atoms with Crippen molar-refractivity contribution in [1.29, 1.82) is 0 Å². The summed E-state index contributed by atoms with van der Waals surface area (Å²) in [5, 5.41) is 3.24. The fraction of sp³-hybridized carbons (Fsp3) is 0.350. The molecule has 0 radical (unpaired) electrons. The molecular weight excluding hydrogens is 398 g/mol. The summed E-state index contributed by atoms with van der Waals surface area (Å²) < 4.78 is 28.3. The molecule has 1 amide bonds. The zero-order chi connectivity index (χ0) is 19.4. The van der Waals surface area contributed by atoms with Crippen LogP contribution in [0.2, 0.25) is 0 Å². The van der Waals surface area contributed by atoms with E-state index in [1.807, 2.05) is 37.3 Å². The van der Waals surface area contributed by atoms with Crippen molar-refractivity contribution in [3.8, 4) is 0 Å². The minimum absolute atomic E-state index is 0. The van der Waals surface area contributed by atoms with E-state index in [0.29, 0.717) is 12.1 Å². The Morgan fingerprint density at radius 2 is 1.89 bits per heavy atom. The first-order valence-electron chi connectivity index (χ1n) is 9.07. The molecule has 8 heteroatoms. The predicted octanol–water partition coefficient (Wildman–Crippen LogP) is 2.58. The number of halogens is 1. The predicted molar refractivity (Wildman–Crippen MR) is 112 cm³/mol. The van der Waals surface area contributed by atoms with Crippen molar-refractivity contribution in [2.24, 2.45) is 0 Å². The highest BCUT2D eigenvalue weighted by atomic mass is 35.5. The lowest BCUT2D eigenvalue weighted by Crippen LogP contribution is -2.52. The fourth-order valence-corrected chi connectivity index (χ4v) is 4.49. The van der Waals surface area contributed by atoms with Crippen LogP contribution < -0.4 is 10.0 Å². The number of benzene rings is 2. The smallest absolute Gasteiger partial charge is 0.254 e. The molecule has 1 unspecified atom stereocenters. The van der Waals surface area contributed by atoms with Gasteiger partial charge in [0.1, 0.15) is 0 Å². The van der Waals surface area contributed by atoms with E-state index in [0.717, 1.165) is 18.7 Å². The lowest BCUT2D eigenvalue weighted by atomic mass is 10.1. The maximum atomic E-state index is 12.8. The summed E-state index contributed by atoms with van der Waals surface area (Å²) in [5.74, 6) is -0.142. The standard InChI is InChI=1S/C20H25N3O3S.ClH/c1-15-14-21-11-12-23(15)20(24)18-9-6-10-19(13-18)27(25,26)22-16(2)17-7-4-3-5-8-17;/h3-10,13,15-16,21-22H,11-12,14H2,1-2H3;1H/t15-,16?;/m0./s1. The molecule has 1 saturated heterocycles. The quantitative estimate of drug-likeness (QED) is 0.774. The van der Waals surface area contributed by atoms with E-state index in [-0.39, 0.29) is 35.3 Å². The molecule has 1 aliphatic rings. The summed E-state index contributed by atoms with van der Waals surface area (Å²) in [5.41, 5.74) is 1.27. The molecule has 2 atom stereocenters. The Morgan fingerprint density at radius 3 is 2.57 bits per heavy atom. The molecule has 2 N–H and O–H groups in total. The Morgan fingerprint density at radius 1 is 1.18 bits per heavy atom. The highest BCUT2D eigenvalue weighted by Gasteiger charge is 2.25. The van der Waals surface area contributed by atoms with E-state index in [1.54, 1.807) is 24.0 Å². The molecule has 0 bridgehead atoms. The molecular formula is C20H26ClN3O3S. The van der Waals surface area contributed by atoms with Gasteiger partial charge in [0.05, 0.1) is 4.90 Å². The Balaban J connectivity index is 0.00000280. The number of hydrogen-bond acceptors (Lipinski definition) is 4. The topological polar surface area (TPSA) is 78.5 Å². The summed E-state index contributed by atoms with van der Waals surface area (Å²) >= 11 is 0. The van der Waals surface area contributed by atoms with Crippen LogP contribution in [-0.2, 0) is 10.0 Å². The third-order valence-electron chi connectivity index (χ3n) is 4.78. The van der Waals surface area contributed by atoms with Gasteiger partial charge in [-0.1, -0.05) is 36.4 Å². The number of nitrogens with zero attached hydrogens (tertiary/aromatic N) is 1. The number of hydrogen-bond donors (Lipinski definition) is 2. The number of sulfonamides is 1. The normalized spacial score (nSPS) is 18.2. The zero-order valence-corrected chi connectivity index (χ0v) is 17.6.